The lowest BCUT2D eigenvalue weighted by molar-refractivity contribution is 0.0889. The van der Waals surface area contributed by atoms with Gasteiger partial charge >= 0.3 is 0 Å². The Hall–Kier alpha value is -2.88. The number of hydrogen-bond donors (Lipinski definition) is 0. The lowest BCUT2D eigenvalue weighted by atomic mass is 9.86. The molecule has 27 heavy (non-hydrogen) atoms. The average Bonchev–Trinajstić information content (AvgIpc) is 2.75. The first-order valence-corrected chi connectivity index (χ1v) is 9.41. The molecular formula is C23H26N2O2. The molecule has 0 amide bonds. The van der Waals surface area contributed by atoms with E-state index in [9.17, 15) is 0 Å². The molecule has 140 valence electrons. The third-order valence-corrected chi connectivity index (χ3v) is 5.22. The Morgan fingerprint density at radius 3 is 1.41 bits per heavy atom. The van der Waals surface area contributed by atoms with Gasteiger partial charge < -0.3 is 19.3 Å². The van der Waals surface area contributed by atoms with E-state index in [1.807, 2.05) is 12.1 Å². The predicted molar refractivity (Wildman–Crippen MR) is 109 cm³/mol. The van der Waals surface area contributed by atoms with Crippen LogP contribution in [0.15, 0.2) is 84.3 Å². The third kappa shape index (κ3) is 3.65. The molecule has 0 spiro atoms. The van der Waals surface area contributed by atoms with E-state index < -0.39 is 0 Å². The van der Waals surface area contributed by atoms with Gasteiger partial charge in [-0.3, -0.25) is 0 Å². The molecule has 2 aromatic rings. The normalized spacial score (nSPS) is 17.6. The topological polar surface area (TPSA) is 24.9 Å². The molecule has 2 heterocycles. The molecule has 4 rings (SSSR count). The summed E-state index contributed by atoms with van der Waals surface area (Å²) in [6, 6.07) is 20.7. The largest absolute Gasteiger partial charge is 0.477 e. The number of anilines is 2. The van der Waals surface area contributed by atoms with E-state index in [0.717, 1.165) is 24.6 Å². The summed E-state index contributed by atoms with van der Waals surface area (Å²) in [5.74, 6) is 1.96. The number of rotatable bonds is 4. The van der Waals surface area contributed by atoms with Crippen molar-refractivity contribution < 1.29 is 9.47 Å². The molecule has 2 aliphatic heterocycles. The molecule has 0 saturated carbocycles. The smallest absolute Gasteiger partial charge is 0.161 e. The predicted octanol–water partition coefficient (Wildman–Crippen LogP) is 4.77. The van der Waals surface area contributed by atoms with Crippen LogP contribution in [0.25, 0.3) is 0 Å². The van der Waals surface area contributed by atoms with Crippen molar-refractivity contribution in [2.45, 2.75) is 13.8 Å². The van der Waals surface area contributed by atoms with Gasteiger partial charge in [0.05, 0.1) is 5.41 Å². The first-order chi connectivity index (χ1) is 13.1. The van der Waals surface area contributed by atoms with Crippen LogP contribution in [-0.4, -0.2) is 26.6 Å². The van der Waals surface area contributed by atoms with Gasteiger partial charge in [0.25, 0.3) is 0 Å². The molecule has 0 N–H and O–H groups in total. The minimum atomic E-state index is -0.272. The third-order valence-electron chi connectivity index (χ3n) is 5.22. The standard InChI is InChI=1S/C23H26N2O2/c1-23(2,21-13-15-24(17-26-21)19-9-5-3-6-10-19)22-14-16-25(18-27-22)20-11-7-4-8-12-20/h3-14H,15-18H2,1-2H3. The van der Waals surface area contributed by atoms with E-state index in [1.165, 1.54) is 11.4 Å². The summed E-state index contributed by atoms with van der Waals surface area (Å²) in [6.07, 6.45) is 4.34. The Morgan fingerprint density at radius 2 is 1.07 bits per heavy atom. The molecule has 0 atom stereocenters. The molecule has 4 nitrogen and oxygen atoms in total. The molecule has 0 aromatic heterocycles. The molecule has 0 saturated heterocycles. The average molecular weight is 362 g/mol. The van der Waals surface area contributed by atoms with Gasteiger partial charge in [-0.25, -0.2) is 0 Å². The Morgan fingerprint density at radius 1 is 0.667 bits per heavy atom. The van der Waals surface area contributed by atoms with E-state index in [0.29, 0.717) is 13.5 Å². The molecule has 0 unspecified atom stereocenters. The molecule has 0 radical (unpaired) electrons. The van der Waals surface area contributed by atoms with Crippen LogP contribution < -0.4 is 9.80 Å². The number of para-hydroxylation sites is 2. The van der Waals surface area contributed by atoms with Crippen molar-refractivity contribution in [3.63, 3.8) is 0 Å². The van der Waals surface area contributed by atoms with Crippen molar-refractivity contribution in [3.8, 4) is 0 Å². The quantitative estimate of drug-likeness (QED) is 0.782. The van der Waals surface area contributed by atoms with Crippen LogP contribution in [0.4, 0.5) is 11.4 Å². The van der Waals surface area contributed by atoms with Gasteiger partial charge in [0.1, 0.15) is 11.5 Å². The summed E-state index contributed by atoms with van der Waals surface area (Å²) in [6.45, 7) is 7.13. The Balaban J connectivity index is 1.44. The van der Waals surface area contributed by atoms with Crippen LogP contribution in [-0.2, 0) is 9.47 Å². The van der Waals surface area contributed by atoms with Crippen LogP contribution in [0.2, 0.25) is 0 Å². The zero-order valence-electron chi connectivity index (χ0n) is 16.0. The molecule has 4 heteroatoms. The zero-order valence-corrected chi connectivity index (χ0v) is 16.0. The number of hydrogen-bond acceptors (Lipinski definition) is 4. The van der Waals surface area contributed by atoms with E-state index in [1.54, 1.807) is 0 Å². The second-order valence-corrected chi connectivity index (χ2v) is 7.42. The Labute approximate surface area is 161 Å². The number of nitrogens with zero attached hydrogens (tertiary/aromatic N) is 2. The number of benzene rings is 2. The molecule has 0 fully saturated rings. The number of ether oxygens (including phenoxy) is 2. The fourth-order valence-electron chi connectivity index (χ4n) is 3.53. The van der Waals surface area contributed by atoms with Crippen LogP contribution in [0.3, 0.4) is 0 Å². The minimum Gasteiger partial charge on any atom is -0.477 e. The highest BCUT2D eigenvalue weighted by atomic mass is 16.5. The monoisotopic (exact) mass is 362 g/mol. The van der Waals surface area contributed by atoms with Gasteiger partial charge in [-0.05, 0) is 50.3 Å². The van der Waals surface area contributed by atoms with Crippen molar-refractivity contribution in [1.29, 1.82) is 0 Å². The summed E-state index contributed by atoms with van der Waals surface area (Å²) in [4.78, 5) is 4.43. The highest BCUT2D eigenvalue weighted by Gasteiger charge is 2.35. The highest BCUT2D eigenvalue weighted by Crippen LogP contribution is 2.39. The molecule has 2 aliphatic rings. The first-order valence-electron chi connectivity index (χ1n) is 9.41. The van der Waals surface area contributed by atoms with Crippen LogP contribution in [0, 0.1) is 5.41 Å². The van der Waals surface area contributed by atoms with Gasteiger partial charge in [0.15, 0.2) is 13.5 Å². The van der Waals surface area contributed by atoms with Crippen LogP contribution in [0.1, 0.15) is 13.8 Å². The summed E-state index contributed by atoms with van der Waals surface area (Å²) in [5.41, 5.74) is 2.08. The summed E-state index contributed by atoms with van der Waals surface area (Å²) in [7, 11) is 0. The molecule has 2 aromatic carbocycles. The van der Waals surface area contributed by atoms with E-state index in [-0.39, 0.29) is 5.41 Å². The molecule has 0 bridgehead atoms. The fourth-order valence-corrected chi connectivity index (χ4v) is 3.53. The SMILES string of the molecule is CC(C)(C1=CCN(c2ccccc2)CO1)C1=CCN(c2ccccc2)CO1. The zero-order chi connectivity index (χ0) is 18.7. The van der Waals surface area contributed by atoms with Crippen molar-refractivity contribution in [1.82, 2.24) is 0 Å². The maximum absolute atomic E-state index is 6.13. The van der Waals surface area contributed by atoms with E-state index >= 15 is 0 Å². The summed E-state index contributed by atoms with van der Waals surface area (Å²) in [5, 5.41) is 0. The lowest BCUT2D eigenvalue weighted by Crippen LogP contribution is -2.37. The Kier molecular flexibility index (Phi) is 4.80. The second-order valence-electron chi connectivity index (χ2n) is 7.42. The van der Waals surface area contributed by atoms with Crippen molar-refractivity contribution in [2.75, 3.05) is 36.4 Å². The van der Waals surface area contributed by atoms with Crippen LogP contribution >= 0.6 is 0 Å². The lowest BCUT2D eigenvalue weighted by Gasteiger charge is -2.39. The maximum Gasteiger partial charge on any atom is 0.161 e. The summed E-state index contributed by atoms with van der Waals surface area (Å²) < 4.78 is 12.3. The van der Waals surface area contributed by atoms with Gasteiger partial charge in [-0.1, -0.05) is 36.4 Å². The van der Waals surface area contributed by atoms with Gasteiger partial charge in [0, 0.05) is 24.5 Å². The highest BCUT2D eigenvalue weighted by molar-refractivity contribution is 5.48. The minimum absolute atomic E-state index is 0.272. The van der Waals surface area contributed by atoms with Crippen molar-refractivity contribution in [3.05, 3.63) is 84.3 Å². The van der Waals surface area contributed by atoms with Crippen LogP contribution in [0.5, 0.6) is 0 Å². The van der Waals surface area contributed by atoms with Gasteiger partial charge in [-0.2, -0.15) is 0 Å². The van der Waals surface area contributed by atoms with E-state index in [4.69, 9.17) is 9.47 Å². The van der Waals surface area contributed by atoms with Gasteiger partial charge in [0.2, 0.25) is 0 Å². The first kappa shape index (κ1) is 17.5. The van der Waals surface area contributed by atoms with Crippen molar-refractivity contribution in [2.24, 2.45) is 5.41 Å². The summed E-state index contributed by atoms with van der Waals surface area (Å²) >= 11 is 0. The Bertz CT molecular complexity index is 758. The van der Waals surface area contributed by atoms with Gasteiger partial charge in [-0.15, -0.1) is 0 Å². The second kappa shape index (κ2) is 7.39. The van der Waals surface area contributed by atoms with Crippen molar-refractivity contribution >= 4 is 11.4 Å². The molecule has 0 aliphatic carbocycles. The maximum atomic E-state index is 6.13. The molecular weight excluding hydrogens is 336 g/mol. The van der Waals surface area contributed by atoms with E-state index in [2.05, 4.69) is 84.3 Å². The fraction of sp³-hybridized carbons (Fsp3) is 0.304.